The van der Waals surface area contributed by atoms with Crippen LogP contribution in [0.15, 0.2) is 47.7 Å². The molecule has 0 aliphatic heterocycles. The Labute approximate surface area is 93.3 Å². The van der Waals surface area contributed by atoms with Gasteiger partial charge in [-0.2, -0.15) is 0 Å². The topological polar surface area (TPSA) is 12.0 Å². The fourth-order valence-corrected chi connectivity index (χ4v) is 1.38. The van der Waals surface area contributed by atoms with Crippen LogP contribution in [0.2, 0.25) is 0 Å². The van der Waals surface area contributed by atoms with Crippen LogP contribution >= 0.6 is 0 Å². The van der Waals surface area contributed by atoms with E-state index in [2.05, 4.69) is 62.5 Å². The molecule has 1 rings (SSSR count). The van der Waals surface area contributed by atoms with Crippen LogP contribution < -0.4 is 5.32 Å². The first-order valence-electron chi connectivity index (χ1n) is 5.64. The van der Waals surface area contributed by atoms with E-state index in [0.29, 0.717) is 5.92 Å². The van der Waals surface area contributed by atoms with Gasteiger partial charge in [-0.3, -0.25) is 0 Å². The zero-order valence-corrected chi connectivity index (χ0v) is 9.96. The third kappa shape index (κ3) is 4.68. The molecule has 1 aliphatic rings. The first kappa shape index (κ1) is 11.8. The summed E-state index contributed by atoms with van der Waals surface area (Å²) in [6.07, 6.45) is 14.2. The molecule has 1 aliphatic carbocycles. The van der Waals surface area contributed by atoms with Gasteiger partial charge in [-0.1, -0.05) is 42.9 Å². The number of nitrogens with one attached hydrogen (secondary N) is 1. The van der Waals surface area contributed by atoms with Crippen molar-refractivity contribution in [2.24, 2.45) is 5.92 Å². The lowest BCUT2D eigenvalue weighted by Crippen LogP contribution is -2.13. The molecule has 0 aromatic rings. The van der Waals surface area contributed by atoms with Gasteiger partial charge in [0.1, 0.15) is 0 Å². The third-order valence-corrected chi connectivity index (χ3v) is 2.57. The van der Waals surface area contributed by atoms with Crippen molar-refractivity contribution in [2.45, 2.75) is 27.2 Å². The van der Waals surface area contributed by atoms with Gasteiger partial charge in [-0.25, -0.2) is 0 Å². The monoisotopic (exact) mass is 203 g/mol. The van der Waals surface area contributed by atoms with E-state index in [-0.39, 0.29) is 0 Å². The smallest absolute Gasteiger partial charge is 0.0333 e. The van der Waals surface area contributed by atoms with E-state index in [4.69, 9.17) is 0 Å². The zero-order chi connectivity index (χ0) is 11.1. The van der Waals surface area contributed by atoms with E-state index in [1.54, 1.807) is 0 Å². The summed E-state index contributed by atoms with van der Waals surface area (Å²) in [6, 6.07) is 0. The van der Waals surface area contributed by atoms with Gasteiger partial charge in [-0.05, 0) is 32.3 Å². The van der Waals surface area contributed by atoms with Gasteiger partial charge in [0, 0.05) is 12.2 Å². The van der Waals surface area contributed by atoms with Crippen molar-refractivity contribution >= 4 is 0 Å². The number of rotatable bonds is 4. The van der Waals surface area contributed by atoms with Gasteiger partial charge >= 0.3 is 0 Å². The molecule has 0 saturated carbocycles. The Bertz CT molecular complexity index is 305. The maximum absolute atomic E-state index is 3.38. The molecular formula is C14H21N. The number of hydrogen-bond donors (Lipinski definition) is 1. The normalized spacial score (nSPS) is 21.9. The Kier molecular flexibility index (Phi) is 4.96. The standard InChI is InChI=1S/C14H21N/c1-4-12(2)6-5-11-15-14-9-7-13(3)8-10-14/h4-7,9-10,13,15H,8,11H2,1-3H3/b6-5-,12-4-. The summed E-state index contributed by atoms with van der Waals surface area (Å²) in [4.78, 5) is 0. The van der Waals surface area contributed by atoms with E-state index >= 15 is 0 Å². The van der Waals surface area contributed by atoms with E-state index < -0.39 is 0 Å². The van der Waals surface area contributed by atoms with Crippen molar-refractivity contribution in [3.8, 4) is 0 Å². The van der Waals surface area contributed by atoms with Crippen LogP contribution in [0.3, 0.4) is 0 Å². The van der Waals surface area contributed by atoms with Crippen LogP contribution in [0.4, 0.5) is 0 Å². The third-order valence-electron chi connectivity index (χ3n) is 2.57. The highest BCUT2D eigenvalue weighted by molar-refractivity contribution is 5.23. The predicted octanol–water partition coefficient (Wildman–Crippen LogP) is 3.58. The second kappa shape index (κ2) is 6.28. The Morgan fingerprint density at radius 2 is 2.40 bits per heavy atom. The zero-order valence-electron chi connectivity index (χ0n) is 9.96. The maximum Gasteiger partial charge on any atom is 0.0333 e. The minimum Gasteiger partial charge on any atom is -0.382 e. The lowest BCUT2D eigenvalue weighted by molar-refractivity contribution is 0.718. The van der Waals surface area contributed by atoms with Crippen molar-refractivity contribution in [1.82, 2.24) is 5.32 Å². The summed E-state index contributed by atoms with van der Waals surface area (Å²) in [6.45, 7) is 7.30. The fraction of sp³-hybridized carbons (Fsp3) is 0.429. The van der Waals surface area contributed by atoms with Crippen LogP contribution in [0.25, 0.3) is 0 Å². The molecule has 0 aromatic heterocycles. The SMILES string of the molecule is C/C=C(C)\C=C/CNC1=CCC(C)C=C1. The first-order chi connectivity index (χ1) is 7.22. The highest BCUT2D eigenvalue weighted by Crippen LogP contribution is 2.13. The van der Waals surface area contributed by atoms with Crippen LogP contribution in [-0.4, -0.2) is 6.54 Å². The summed E-state index contributed by atoms with van der Waals surface area (Å²) < 4.78 is 0. The fourth-order valence-electron chi connectivity index (χ4n) is 1.38. The Balaban J connectivity index is 2.27. The summed E-state index contributed by atoms with van der Waals surface area (Å²) in [5.74, 6) is 0.691. The summed E-state index contributed by atoms with van der Waals surface area (Å²) in [7, 11) is 0. The van der Waals surface area contributed by atoms with E-state index in [1.807, 2.05) is 0 Å². The number of allylic oxidation sites excluding steroid dienone is 6. The van der Waals surface area contributed by atoms with Gasteiger partial charge < -0.3 is 5.32 Å². The molecule has 1 heteroatoms. The molecule has 0 fully saturated rings. The van der Waals surface area contributed by atoms with Gasteiger partial charge in [0.15, 0.2) is 0 Å². The van der Waals surface area contributed by atoms with Crippen molar-refractivity contribution in [3.63, 3.8) is 0 Å². The van der Waals surface area contributed by atoms with E-state index in [0.717, 1.165) is 13.0 Å². The average molecular weight is 203 g/mol. The number of hydrogen-bond acceptors (Lipinski definition) is 1. The van der Waals surface area contributed by atoms with Gasteiger partial charge in [0.2, 0.25) is 0 Å². The predicted molar refractivity (Wildman–Crippen MR) is 67.6 cm³/mol. The Morgan fingerprint density at radius 1 is 1.60 bits per heavy atom. The van der Waals surface area contributed by atoms with Gasteiger partial charge in [0.05, 0.1) is 0 Å². The summed E-state index contributed by atoms with van der Waals surface area (Å²) in [5, 5.41) is 3.38. The van der Waals surface area contributed by atoms with Crippen molar-refractivity contribution in [1.29, 1.82) is 0 Å². The minimum atomic E-state index is 0.691. The molecule has 0 bridgehead atoms. The molecule has 1 unspecified atom stereocenters. The van der Waals surface area contributed by atoms with Gasteiger partial charge in [0.25, 0.3) is 0 Å². The molecule has 0 spiro atoms. The molecular weight excluding hydrogens is 182 g/mol. The molecule has 0 heterocycles. The van der Waals surface area contributed by atoms with Gasteiger partial charge in [-0.15, -0.1) is 0 Å². The molecule has 1 atom stereocenters. The molecule has 1 nitrogen and oxygen atoms in total. The van der Waals surface area contributed by atoms with Crippen molar-refractivity contribution < 1.29 is 0 Å². The van der Waals surface area contributed by atoms with E-state index in [1.165, 1.54) is 11.3 Å². The minimum absolute atomic E-state index is 0.691. The molecule has 0 saturated heterocycles. The molecule has 82 valence electrons. The molecule has 1 N–H and O–H groups in total. The lowest BCUT2D eigenvalue weighted by atomic mass is 10.0. The molecule has 15 heavy (non-hydrogen) atoms. The van der Waals surface area contributed by atoms with Crippen LogP contribution in [-0.2, 0) is 0 Å². The highest BCUT2D eigenvalue weighted by atomic mass is 14.9. The van der Waals surface area contributed by atoms with Crippen LogP contribution in [0.1, 0.15) is 27.2 Å². The average Bonchev–Trinajstić information content (AvgIpc) is 2.26. The maximum atomic E-state index is 3.38. The largest absolute Gasteiger partial charge is 0.382 e. The molecule has 0 radical (unpaired) electrons. The Hall–Kier alpha value is -1.24. The molecule has 0 aromatic carbocycles. The summed E-state index contributed by atoms with van der Waals surface area (Å²) >= 11 is 0. The first-order valence-corrected chi connectivity index (χ1v) is 5.64. The quantitative estimate of drug-likeness (QED) is 0.689. The second-order valence-electron chi connectivity index (χ2n) is 4.05. The highest BCUT2D eigenvalue weighted by Gasteiger charge is 2.01. The van der Waals surface area contributed by atoms with Crippen molar-refractivity contribution in [3.05, 3.63) is 47.7 Å². The van der Waals surface area contributed by atoms with Crippen LogP contribution in [0, 0.1) is 5.92 Å². The van der Waals surface area contributed by atoms with E-state index in [9.17, 15) is 0 Å². The summed E-state index contributed by atoms with van der Waals surface area (Å²) in [5.41, 5.74) is 2.55. The Morgan fingerprint density at radius 3 is 3.00 bits per heavy atom. The van der Waals surface area contributed by atoms with Crippen LogP contribution in [0.5, 0.6) is 0 Å². The second-order valence-corrected chi connectivity index (χ2v) is 4.05. The molecule has 0 amide bonds. The van der Waals surface area contributed by atoms with Crippen molar-refractivity contribution in [2.75, 3.05) is 6.54 Å². The lowest BCUT2D eigenvalue weighted by Gasteiger charge is -2.12.